The zero-order valence-corrected chi connectivity index (χ0v) is 14.8. The van der Waals surface area contributed by atoms with Crippen LogP contribution in [-0.2, 0) is 12.8 Å². The molecule has 1 amide bonds. The molecule has 3 aromatic rings. The van der Waals surface area contributed by atoms with E-state index >= 15 is 0 Å². The van der Waals surface area contributed by atoms with Crippen LogP contribution in [0.25, 0.3) is 0 Å². The van der Waals surface area contributed by atoms with E-state index in [1.54, 1.807) is 6.21 Å². The third-order valence-corrected chi connectivity index (χ3v) is 4.49. The summed E-state index contributed by atoms with van der Waals surface area (Å²) in [5, 5.41) is 11.2. The Balaban J connectivity index is 1.40. The first kappa shape index (κ1) is 17.0. The van der Waals surface area contributed by atoms with Crippen molar-refractivity contribution in [1.29, 1.82) is 0 Å². The van der Waals surface area contributed by atoms with Gasteiger partial charge >= 0.3 is 0 Å². The maximum absolute atomic E-state index is 12.3. The summed E-state index contributed by atoms with van der Waals surface area (Å²) in [4.78, 5) is 12.3. The molecule has 1 heterocycles. The van der Waals surface area contributed by atoms with Gasteiger partial charge in [0.15, 0.2) is 5.69 Å². The molecule has 0 saturated heterocycles. The SMILES string of the molecule is O=C(NN=Cc1cccc(Oc2ccccc2)c1)c1n[nH]c2c1CCCC2. The quantitative estimate of drug-likeness (QED) is 0.536. The fraction of sp³-hybridized carbons (Fsp3) is 0.190. The summed E-state index contributed by atoms with van der Waals surface area (Å²) >= 11 is 0. The molecule has 2 N–H and O–H groups in total. The number of carbonyl (C=O) groups is 1. The summed E-state index contributed by atoms with van der Waals surface area (Å²) in [7, 11) is 0. The van der Waals surface area contributed by atoms with Gasteiger partial charge in [-0.15, -0.1) is 0 Å². The molecule has 0 saturated carbocycles. The highest BCUT2D eigenvalue weighted by Gasteiger charge is 2.21. The highest BCUT2D eigenvalue weighted by molar-refractivity contribution is 5.94. The molecule has 0 spiro atoms. The summed E-state index contributed by atoms with van der Waals surface area (Å²) < 4.78 is 5.80. The average Bonchev–Trinajstić information content (AvgIpc) is 3.13. The number of aromatic nitrogens is 2. The monoisotopic (exact) mass is 360 g/mol. The second kappa shape index (κ2) is 7.86. The van der Waals surface area contributed by atoms with Gasteiger partial charge in [0.25, 0.3) is 5.91 Å². The second-order valence-corrected chi connectivity index (χ2v) is 6.42. The van der Waals surface area contributed by atoms with Gasteiger partial charge in [-0.3, -0.25) is 9.89 Å². The van der Waals surface area contributed by atoms with Gasteiger partial charge in [0.2, 0.25) is 0 Å². The molecule has 0 radical (unpaired) electrons. The number of nitrogens with zero attached hydrogens (tertiary/aromatic N) is 2. The fourth-order valence-electron chi connectivity index (χ4n) is 3.17. The van der Waals surface area contributed by atoms with Crippen molar-refractivity contribution in [2.24, 2.45) is 5.10 Å². The molecule has 6 heteroatoms. The van der Waals surface area contributed by atoms with Gasteiger partial charge in [-0.05, 0) is 55.5 Å². The first-order chi connectivity index (χ1) is 13.3. The minimum atomic E-state index is -0.289. The standard InChI is InChI=1S/C21H20N4O2/c26-21(20-18-11-4-5-12-19(18)23-24-20)25-22-14-15-7-6-10-17(13-15)27-16-8-2-1-3-9-16/h1-3,6-10,13-14H,4-5,11-12H2,(H,23,24)(H,25,26). The first-order valence-corrected chi connectivity index (χ1v) is 9.02. The minimum absolute atomic E-state index is 0.289. The van der Waals surface area contributed by atoms with Gasteiger partial charge in [-0.2, -0.15) is 10.2 Å². The second-order valence-electron chi connectivity index (χ2n) is 6.42. The Morgan fingerprint density at radius 1 is 1.07 bits per heavy atom. The number of hydrazone groups is 1. The minimum Gasteiger partial charge on any atom is -0.457 e. The van der Waals surface area contributed by atoms with E-state index in [1.807, 2.05) is 54.6 Å². The molecule has 0 fully saturated rings. The zero-order valence-electron chi connectivity index (χ0n) is 14.8. The van der Waals surface area contributed by atoms with Crippen LogP contribution in [0.4, 0.5) is 0 Å². The Hall–Kier alpha value is -3.41. The van der Waals surface area contributed by atoms with E-state index in [4.69, 9.17) is 4.74 Å². The Morgan fingerprint density at radius 2 is 1.89 bits per heavy atom. The van der Waals surface area contributed by atoms with Gasteiger partial charge in [0.05, 0.1) is 6.21 Å². The van der Waals surface area contributed by atoms with Crippen molar-refractivity contribution < 1.29 is 9.53 Å². The van der Waals surface area contributed by atoms with Crippen LogP contribution >= 0.6 is 0 Å². The van der Waals surface area contributed by atoms with E-state index in [1.165, 1.54) is 0 Å². The number of rotatable bonds is 5. The first-order valence-electron chi connectivity index (χ1n) is 9.02. The number of nitrogens with one attached hydrogen (secondary N) is 2. The molecule has 1 aliphatic carbocycles. The van der Waals surface area contributed by atoms with Crippen molar-refractivity contribution in [1.82, 2.24) is 15.6 Å². The molecule has 1 aliphatic rings. The van der Waals surface area contributed by atoms with Crippen LogP contribution in [0.1, 0.15) is 40.2 Å². The summed E-state index contributed by atoms with van der Waals surface area (Å²) in [6.07, 6.45) is 5.65. The fourth-order valence-corrected chi connectivity index (χ4v) is 3.17. The molecule has 0 atom stereocenters. The summed E-state index contributed by atoms with van der Waals surface area (Å²) in [5.74, 6) is 1.18. The summed E-state index contributed by atoms with van der Waals surface area (Å²) in [6, 6.07) is 17.1. The van der Waals surface area contributed by atoms with Gasteiger partial charge in [-0.25, -0.2) is 5.43 Å². The van der Waals surface area contributed by atoms with Gasteiger partial charge in [0.1, 0.15) is 11.5 Å². The largest absolute Gasteiger partial charge is 0.457 e. The number of carbonyl (C=O) groups excluding carboxylic acids is 1. The summed E-state index contributed by atoms with van der Waals surface area (Å²) in [6.45, 7) is 0. The third kappa shape index (κ3) is 4.06. The van der Waals surface area contributed by atoms with Crippen LogP contribution < -0.4 is 10.2 Å². The van der Waals surface area contributed by atoms with E-state index < -0.39 is 0 Å². The topological polar surface area (TPSA) is 79.4 Å². The molecule has 2 aromatic carbocycles. The number of aromatic amines is 1. The Kier molecular flexibility index (Phi) is 4.96. The predicted molar refractivity (Wildman–Crippen MR) is 103 cm³/mol. The van der Waals surface area contributed by atoms with E-state index in [0.717, 1.165) is 48.3 Å². The van der Waals surface area contributed by atoms with E-state index in [2.05, 4.69) is 20.7 Å². The lowest BCUT2D eigenvalue weighted by Gasteiger charge is -2.10. The Labute approximate surface area is 157 Å². The Morgan fingerprint density at radius 3 is 2.78 bits per heavy atom. The number of hydrogen-bond donors (Lipinski definition) is 2. The molecule has 27 heavy (non-hydrogen) atoms. The maximum Gasteiger partial charge on any atom is 0.292 e. The van der Waals surface area contributed by atoms with E-state index in [0.29, 0.717) is 11.4 Å². The van der Waals surface area contributed by atoms with Crippen molar-refractivity contribution in [2.45, 2.75) is 25.7 Å². The van der Waals surface area contributed by atoms with Crippen molar-refractivity contribution in [3.8, 4) is 11.5 Å². The molecule has 1 aromatic heterocycles. The van der Waals surface area contributed by atoms with Crippen LogP contribution in [0.3, 0.4) is 0 Å². The molecule has 0 aliphatic heterocycles. The molecule has 6 nitrogen and oxygen atoms in total. The molecule has 136 valence electrons. The lowest BCUT2D eigenvalue weighted by molar-refractivity contribution is 0.0949. The van der Waals surface area contributed by atoms with Crippen molar-refractivity contribution in [3.63, 3.8) is 0 Å². The lowest BCUT2D eigenvalue weighted by atomic mass is 9.96. The molecule has 0 unspecified atom stereocenters. The average molecular weight is 360 g/mol. The number of ether oxygens (including phenoxy) is 1. The van der Waals surface area contributed by atoms with Crippen molar-refractivity contribution in [2.75, 3.05) is 0 Å². The van der Waals surface area contributed by atoms with Crippen molar-refractivity contribution >= 4 is 12.1 Å². The normalized spacial score (nSPS) is 13.3. The number of H-pyrrole nitrogens is 1. The van der Waals surface area contributed by atoms with E-state index in [9.17, 15) is 4.79 Å². The van der Waals surface area contributed by atoms with Gasteiger partial charge in [0, 0.05) is 11.3 Å². The van der Waals surface area contributed by atoms with Crippen LogP contribution in [0.15, 0.2) is 59.7 Å². The van der Waals surface area contributed by atoms with E-state index in [-0.39, 0.29) is 5.91 Å². The molecular weight excluding hydrogens is 340 g/mol. The summed E-state index contributed by atoms with van der Waals surface area (Å²) in [5.41, 5.74) is 5.92. The van der Waals surface area contributed by atoms with Gasteiger partial charge < -0.3 is 4.74 Å². The highest BCUT2D eigenvalue weighted by atomic mass is 16.5. The number of hydrogen-bond acceptors (Lipinski definition) is 4. The zero-order chi connectivity index (χ0) is 18.5. The maximum atomic E-state index is 12.3. The van der Waals surface area contributed by atoms with Crippen molar-refractivity contribution in [3.05, 3.63) is 77.1 Å². The molecular formula is C21H20N4O2. The Bertz CT molecular complexity index is 963. The number of amides is 1. The van der Waals surface area contributed by atoms with Crippen LogP contribution in [0.2, 0.25) is 0 Å². The molecule has 4 rings (SSSR count). The third-order valence-electron chi connectivity index (χ3n) is 4.49. The lowest BCUT2D eigenvalue weighted by Crippen LogP contribution is -2.20. The number of benzene rings is 2. The van der Waals surface area contributed by atoms with Crippen LogP contribution in [0.5, 0.6) is 11.5 Å². The molecule has 0 bridgehead atoms. The van der Waals surface area contributed by atoms with Crippen LogP contribution in [-0.4, -0.2) is 22.3 Å². The number of para-hydroxylation sites is 1. The van der Waals surface area contributed by atoms with Gasteiger partial charge in [-0.1, -0.05) is 30.3 Å². The number of fused-ring (bicyclic) bond motifs is 1. The predicted octanol–water partition coefficient (Wildman–Crippen LogP) is 3.84. The van der Waals surface area contributed by atoms with Crippen LogP contribution in [0, 0.1) is 0 Å². The number of aryl methyl sites for hydroxylation is 1. The highest BCUT2D eigenvalue weighted by Crippen LogP contribution is 2.22. The smallest absolute Gasteiger partial charge is 0.292 e.